The second kappa shape index (κ2) is 5.87. The molecule has 0 atom stereocenters. The van der Waals surface area contributed by atoms with Gasteiger partial charge in [0.2, 0.25) is 6.79 Å². The van der Waals surface area contributed by atoms with Crippen LogP contribution in [-0.2, 0) is 6.54 Å². The molecule has 5 nitrogen and oxygen atoms in total. The maximum absolute atomic E-state index is 12.4. The SMILES string of the molecule is C#CCn1c(=NC(=O)c2ccccc2)sc2cc3c(cc21)OCO3. The number of hydrogen-bond acceptors (Lipinski definition) is 4. The quantitative estimate of drug-likeness (QED) is 0.676. The van der Waals surface area contributed by atoms with E-state index in [0.717, 1.165) is 10.2 Å². The third kappa shape index (κ3) is 2.45. The van der Waals surface area contributed by atoms with E-state index in [2.05, 4.69) is 10.9 Å². The van der Waals surface area contributed by atoms with Crippen molar-refractivity contribution in [2.45, 2.75) is 6.54 Å². The van der Waals surface area contributed by atoms with Crippen LogP contribution in [0.5, 0.6) is 11.5 Å². The minimum absolute atomic E-state index is 0.214. The summed E-state index contributed by atoms with van der Waals surface area (Å²) in [4.78, 5) is 17.2. The lowest BCUT2D eigenvalue weighted by Gasteiger charge is -2.01. The predicted octanol–water partition coefficient (Wildman–Crippen LogP) is 2.81. The molecule has 0 spiro atoms. The van der Waals surface area contributed by atoms with Crippen molar-refractivity contribution in [3.63, 3.8) is 0 Å². The molecule has 0 radical (unpaired) electrons. The van der Waals surface area contributed by atoms with E-state index in [9.17, 15) is 4.79 Å². The van der Waals surface area contributed by atoms with Crippen LogP contribution in [-0.4, -0.2) is 17.3 Å². The number of fused-ring (bicyclic) bond motifs is 2. The number of thiazole rings is 1. The molecular formula is C18H12N2O3S. The molecule has 1 amide bonds. The van der Waals surface area contributed by atoms with E-state index < -0.39 is 0 Å². The Morgan fingerprint density at radius 3 is 2.75 bits per heavy atom. The number of carbonyl (C=O) groups excluding carboxylic acids is 1. The first-order valence-corrected chi connectivity index (χ1v) is 8.08. The van der Waals surface area contributed by atoms with Crippen molar-refractivity contribution in [2.75, 3.05) is 6.79 Å². The fourth-order valence-corrected chi connectivity index (χ4v) is 3.56. The molecule has 1 aromatic heterocycles. The van der Waals surface area contributed by atoms with Gasteiger partial charge in [0, 0.05) is 17.7 Å². The van der Waals surface area contributed by atoms with E-state index in [1.54, 1.807) is 12.1 Å². The smallest absolute Gasteiger partial charge is 0.279 e. The summed E-state index contributed by atoms with van der Waals surface area (Å²) in [7, 11) is 0. The Hall–Kier alpha value is -3.04. The Morgan fingerprint density at radius 2 is 2.00 bits per heavy atom. The number of ether oxygens (including phenoxy) is 2. The molecular weight excluding hydrogens is 324 g/mol. The molecule has 4 rings (SSSR count). The van der Waals surface area contributed by atoms with Crippen molar-refractivity contribution in [3.8, 4) is 23.8 Å². The van der Waals surface area contributed by atoms with Gasteiger partial charge in [-0.3, -0.25) is 4.79 Å². The van der Waals surface area contributed by atoms with Gasteiger partial charge in [-0.2, -0.15) is 4.99 Å². The summed E-state index contributed by atoms with van der Waals surface area (Å²) in [5.74, 6) is 3.68. The first-order valence-electron chi connectivity index (χ1n) is 7.27. The van der Waals surface area contributed by atoms with E-state index in [1.807, 2.05) is 34.9 Å². The van der Waals surface area contributed by atoms with Crippen LogP contribution in [0, 0.1) is 12.3 Å². The maximum atomic E-state index is 12.4. The minimum Gasteiger partial charge on any atom is -0.454 e. The lowest BCUT2D eigenvalue weighted by Crippen LogP contribution is -2.16. The van der Waals surface area contributed by atoms with Gasteiger partial charge in [-0.25, -0.2) is 0 Å². The summed E-state index contributed by atoms with van der Waals surface area (Å²) < 4.78 is 13.6. The fraction of sp³-hybridized carbons (Fsp3) is 0.111. The number of benzene rings is 2. The van der Waals surface area contributed by atoms with Crippen LogP contribution >= 0.6 is 11.3 Å². The lowest BCUT2D eigenvalue weighted by atomic mass is 10.2. The highest BCUT2D eigenvalue weighted by molar-refractivity contribution is 7.16. The van der Waals surface area contributed by atoms with Crippen LogP contribution in [0.2, 0.25) is 0 Å². The topological polar surface area (TPSA) is 52.8 Å². The van der Waals surface area contributed by atoms with Gasteiger partial charge in [0.1, 0.15) is 0 Å². The second-order valence-electron chi connectivity index (χ2n) is 5.13. The molecule has 0 saturated carbocycles. The van der Waals surface area contributed by atoms with Crippen LogP contribution in [0.3, 0.4) is 0 Å². The van der Waals surface area contributed by atoms with Gasteiger partial charge in [-0.1, -0.05) is 35.5 Å². The standard InChI is InChI=1S/C18H12N2O3S/c1-2-8-20-13-9-14-15(23-11-22-14)10-16(13)24-18(20)19-17(21)12-6-4-3-5-7-12/h1,3-7,9-10H,8,11H2. The number of carbonyl (C=O) groups is 1. The third-order valence-electron chi connectivity index (χ3n) is 3.64. The van der Waals surface area contributed by atoms with Gasteiger partial charge in [0.05, 0.1) is 16.8 Å². The molecule has 3 aromatic rings. The summed E-state index contributed by atoms with van der Waals surface area (Å²) in [5, 5.41) is 0. The van der Waals surface area contributed by atoms with Crippen LogP contribution in [0.15, 0.2) is 47.5 Å². The zero-order valence-electron chi connectivity index (χ0n) is 12.6. The van der Waals surface area contributed by atoms with Crippen molar-refractivity contribution < 1.29 is 14.3 Å². The van der Waals surface area contributed by atoms with Crippen molar-refractivity contribution in [1.29, 1.82) is 0 Å². The van der Waals surface area contributed by atoms with Crippen LogP contribution in [0.25, 0.3) is 10.2 Å². The largest absolute Gasteiger partial charge is 0.454 e. The molecule has 1 aliphatic rings. The first-order chi connectivity index (χ1) is 11.8. The normalized spacial score (nSPS) is 13.2. The summed E-state index contributed by atoms with van der Waals surface area (Å²) in [6.45, 7) is 0.534. The highest BCUT2D eigenvalue weighted by Crippen LogP contribution is 2.36. The van der Waals surface area contributed by atoms with Gasteiger partial charge in [-0.05, 0) is 12.1 Å². The van der Waals surface area contributed by atoms with E-state index in [1.165, 1.54) is 11.3 Å². The Bertz CT molecular complexity index is 1040. The van der Waals surface area contributed by atoms with E-state index in [0.29, 0.717) is 28.4 Å². The molecule has 0 fully saturated rings. The molecule has 6 heteroatoms. The highest BCUT2D eigenvalue weighted by Gasteiger charge is 2.17. The molecule has 0 saturated heterocycles. The van der Waals surface area contributed by atoms with Gasteiger partial charge < -0.3 is 14.0 Å². The number of amides is 1. The summed E-state index contributed by atoms with van der Waals surface area (Å²) in [6.07, 6.45) is 5.49. The molecule has 0 bridgehead atoms. The van der Waals surface area contributed by atoms with Crippen molar-refractivity contribution in [2.24, 2.45) is 4.99 Å². The monoisotopic (exact) mass is 336 g/mol. The Labute approximate surface area is 141 Å². The molecule has 0 N–H and O–H groups in total. The fourth-order valence-electron chi connectivity index (χ4n) is 2.52. The number of terminal acetylenes is 1. The van der Waals surface area contributed by atoms with E-state index in [-0.39, 0.29) is 12.7 Å². The van der Waals surface area contributed by atoms with E-state index in [4.69, 9.17) is 15.9 Å². The molecule has 118 valence electrons. The summed E-state index contributed by atoms with van der Waals surface area (Å²) >= 11 is 1.40. The molecule has 2 heterocycles. The van der Waals surface area contributed by atoms with Gasteiger partial charge in [-0.15, -0.1) is 6.42 Å². The number of aromatic nitrogens is 1. The van der Waals surface area contributed by atoms with E-state index >= 15 is 0 Å². The summed E-state index contributed by atoms with van der Waals surface area (Å²) in [6, 6.07) is 12.7. The third-order valence-corrected chi connectivity index (χ3v) is 4.69. The van der Waals surface area contributed by atoms with Crippen LogP contribution < -0.4 is 14.3 Å². The molecule has 0 unspecified atom stereocenters. The zero-order valence-corrected chi connectivity index (χ0v) is 13.4. The highest BCUT2D eigenvalue weighted by atomic mass is 32.1. The van der Waals surface area contributed by atoms with Crippen molar-refractivity contribution in [3.05, 3.63) is 52.8 Å². The maximum Gasteiger partial charge on any atom is 0.279 e. The van der Waals surface area contributed by atoms with Crippen LogP contribution in [0.4, 0.5) is 0 Å². The van der Waals surface area contributed by atoms with Gasteiger partial charge in [0.25, 0.3) is 5.91 Å². The lowest BCUT2D eigenvalue weighted by molar-refractivity contribution is 0.0998. The molecule has 2 aromatic carbocycles. The number of hydrogen-bond donors (Lipinski definition) is 0. The Morgan fingerprint density at radius 1 is 1.25 bits per heavy atom. The van der Waals surface area contributed by atoms with Crippen molar-refractivity contribution >= 4 is 27.5 Å². The second-order valence-corrected chi connectivity index (χ2v) is 6.14. The molecule has 1 aliphatic heterocycles. The predicted molar refractivity (Wildman–Crippen MR) is 91.1 cm³/mol. The number of nitrogens with zero attached hydrogens (tertiary/aromatic N) is 2. The Balaban J connectivity index is 1.89. The minimum atomic E-state index is -0.298. The average Bonchev–Trinajstić information content (AvgIpc) is 3.18. The number of rotatable bonds is 2. The van der Waals surface area contributed by atoms with Gasteiger partial charge >= 0.3 is 0 Å². The summed E-state index contributed by atoms with van der Waals surface area (Å²) in [5.41, 5.74) is 1.41. The Kier molecular flexibility index (Phi) is 3.56. The first kappa shape index (κ1) is 14.5. The van der Waals surface area contributed by atoms with Crippen LogP contribution in [0.1, 0.15) is 10.4 Å². The molecule has 0 aliphatic carbocycles. The molecule has 24 heavy (non-hydrogen) atoms. The zero-order chi connectivity index (χ0) is 16.5. The average molecular weight is 336 g/mol. The van der Waals surface area contributed by atoms with Crippen molar-refractivity contribution in [1.82, 2.24) is 4.57 Å². The van der Waals surface area contributed by atoms with Gasteiger partial charge in [0.15, 0.2) is 16.3 Å².